The molecular formula is C25H30F3N3O4. The number of hydrogen-bond donors (Lipinski definition) is 1. The molecule has 7 nitrogen and oxygen atoms in total. The van der Waals surface area contributed by atoms with Crippen LogP contribution in [0.25, 0.3) is 5.52 Å². The summed E-state index contributed by atoms with van der Waals surface area (Å²) in [5.74, 6) is -3.95. The van der Waals surface area contributed by atoms with Gasteiger partial charge in [0.1, 0.15) is 11.4 Å². The standard InChI is InChI=1S/C25H30F3N3O4/c1-24(2,3)35-23(33)31-16-9-15(10-17(31)13-34-12-16)29-22(32)21-18-11-25(27,28)6-4-19(18)30-7-5-14(26)8-20(21)30/h5,7-8,15-17H,4,6,9-13H2,1-3H3,(H,29,32). The lowest BCUT2D eigenvalue weighted by atomic mass is 9.89. The van der Waals surface area contributed by atoms with E-state index in [4.69, 9.17) is 9.47 Å². The molecule has 2 fully saturated rings. The number of piperidine rings is 1. The maximum absolute atomic E-state index is 14.3. The van der Waals surface area contributed by atoms with Gasteiger partial charge in [0.25, 0.3) is 11.8 Å². The number of hydrogen-bond acceptors (Lipinski definition) is 4. The van der Waals surface area contributed by atoms with Crippen molar-refractivity contribution in [2.45, 2.75) is 82.5 Å². The third-order valence-electron chi connectivity index (χ3n) is 6.96. The van der Waals surface area contributed by atoms with Gasteiger partial charge in [0.15, 0.2) is 0 Å². The summed E-state index contributed by atoms with van der Waals surface area (Å²) >= 11 is 0. The van der Waals surface area contributed by atoms with Crippen LogP contribution in [0.1, 0.15) is 61.6 Å². The molecule has 2 atom stereocenters. The van der Waals surface area contributed by atoms with Crippen molar-refractivity contribution >= 4 is 17.5 Å². The summed E-state index contributed by atoms with van der Waals surface area (Å²) < 4.78 is 55.6. The van der Waals surface area contributed by atoms with E-state index in [9.17, 15) is 22.8 Å². The average Bonchev–Trinajstić information content (AvgIpc) is 3.02. The van der Waals surface area contributed by atoms with E-state index in [-0.39, 0.29) is 42.1 Å². The second-order valence-electron chi connectivity index (χ2n) is 10.8. The number of morpholine rings is 1. The number of rotatable bonds is 2. The first-order valence-electron chi connectivity index (χ1n) is 12.0. The number of nitrogens with zero attached hydrogens (tertiary/aromatic N) is 2. The number of pyridine rings is 1. The van der Waals surface area contributed by atoms with E-state index in [0.29, 0.717) is 37.3 Å². The van der Waals surface area contributed by atoms with Crippen molar-refractivity contribution in [3.05, 3.63) is 41.0 Å². The summed E-state index contributed by atoms with van der Waals surface area (Å²) in [5.41, 5.74) is 0.666. The molecule has 2 aliphatic heterocycles. The highest BCUT2D eigenvalue weighted by Gasteiger charge is 2.44. The quantitative estimate of drug-likeness (QED) is 0.684. The van der Waals surface area contributed by atoms with Crippen molar-refractivity contribution in [2.24, 2.45) is 0 Å². The zero-order chi connectivity index (χ0) is 25.1. The number of nitrogens with one attached hydrogen (secondary N) is 1. The Hall–Kier alpha value is -2.75. The highest BCUT2D eigenvalue weighted by molar-refractivity contribution is 6.03. The number of aromatic nitrogens is 1. The Kier molecular flexibility index (Phi) is 5.77. The van der Waals surface area contributed by atoms with Gasteiger partial charge in [0.05, 0.1) is 36.4 Å². The van der Waals surface area contributed by atoms with Gasteiger partial charge in [-0.2, -0.15) is 0 Å². The van der Waals surface area contributed by atoms with Gasteiger partial charge < -0.3 is 19.2 Å². The smallest absolute Gasteiger partial charge is 0.410 e. The van der Waals surface area contributed by atoms with Crippen LogP contribution in [0.5, 0.6) is 0 Å². The molecule has 2 saturated heterocycles. The van der Waals surface area contributed by atoms with E-state index >= 15 is 0 Å². The fourth-order valence-electron chi connectivity index (χ4n) is 5.61. The Labute approximate surface area is 201 Å². The van der Waals surface area contributed by atoms with Gasteiger partial charge in [0, 0.05) is 30.8 Å². The number of amides is 2. The topological polar surface area (TPSA) is 72.3 Å². The molecule has 2 bridgehead atoms. The predicted molar refractivity (Wildman–Crippen MR) is 121 cm³/mol. The Morgan fingerprint density at radius 2 is 1.89 bits per heavy atom. The summed E-state index contributed by atoms with van der Waals surface area (Å²) in [6.07, 6.45) is 1.22. The third-order valence-corrected chi connectivity index (χ3v) is 6.96. The van der Waals surface area contributed by atoms with Gasteiger partial charge in [-0.3, -0.25) is 9.69 Å². The summed E-state index contributed by atoms with van der Waals surface area (Å²) in [6.45, 7) is 6.06. The van der Waals surface area contributed by atoms with Gasteiger partial charge in [-0.1, -0.05) is 0 Å². The molecule has 0 spiro atoms. The van der Waals surface area contributed by atoms with Crippen LogP contribution in [-0.4, -0.2) is 64.2 Å². The summed E-state index contributed by atoms with van der Waals surface area (Å²) in [6, 6.07) is 1.64. The Bertz CT molecular complexity index is 1160. The van der Waals surface area contributed by atoms with Crippen molar-refractivity contribution in [3.8, 4) is 0 Å². The largest absolute Gasteiger partial charge is 0.444 e. The number of aryl methyl sites for hydroxylation is 1. The fraction of sp³-hybridized carbons (Fsp3) is 0.600. The van der Waals surface area contributed by atoms with Gasteiger partial charge in [-0.05, 0) is 57.7 Å². The van der Waals surface area contributed by atoms with Crippen LogP contribution in [0, 0.1) is 5.82 Å². The molecule has 2 aromatic rings. The highest BCUT2D eigenvalue weighted by atomic mass is 19.3. The molecule has 2 unspecified atom stereocenters. The Balaban J connectivity index is 1.40. The van der Waals surface area contributed by atoms with E-state index in [1.165, 1.54) is 18.3 Å². The number of halogens is 3. The number of carbonyl (C=O) groups is 2. The first-order chi connectivity index (χ1) is 16.4. The molecule has 35 heavy (non-hydrogen) atoms. The van der Waals surface area contributed by atoms with Gasteiger partial charge in [-0.25, -0.2) is 18.0 Å². The number of carbonyl (C=O) groups excluding carboxylic acids is 2. The molecule has 3 aliphatic rings. The lowest BCUT2D eigenvalue weighted by Crippen LogP contribution is -2.63. The predicted octanol–water partition coefficient (Wildman–Crippen LogP) is 4.10. The first kappa shape index (κ1) is 24.0. The van der Waals surface area contributed by atoms with Gasteiger partial charge >= 0.3 is 6.09 Å². The molecule has 0 saturated carbocycles. The highest BCUT2D eigenvalue weighted by Crippen LogP contribution is 2.38. The fourth-order valence-corrected chi connectivity index (χ4v) is 5.61. The van der Waals surface area contributed by atoms with Gasteiger partial charge in [0.2, 0.25) is 0 Å². The summed E-state index contributed by atoms with van der Waals surface area (Å²) in [7, 11) is 0. The van der Waals surface area contributed by atoms with Crippen LogP contribution >= 0.6 is 0 Å². The molecule has 5 rings (SSSR count). The zero-order valence-corrected chi connectivity index (χ0v) is 20.1. The molecular weight excluding hydrogens is 463 g/mol. The lowest BCUT2D eigenvalue weighted by molar-refractivity contribution is -0.0835. The monoisotopic (exact) mass is 493 g/mol. The minimum Gasteiger partial charge on any atom is -0.444 e. The van der Waals surface area contributed by atoms with Crippen LogP contribution in [0.4, 0.5) is 18.0 Å². The van der Waals surface area contributed by atoms with E-state index in [0.717, 1.165) is 0 Å². The molecule has 1 aliphatic carbocycles. The van der Waals surface area contributed by atoms with Crippen LogP contribution < -0.4 is 5.32 Å². The van der Waals surface area contributed by atoms with E-state index in [1.807, 2.05) is 0 Å². The van der Waals surface area contributed by atoms with E-state index in [1.54, 1.807) is 30.1 Å². The molecule has 0 radical (unpaired) electrons. The van der Waals surface area contributed by atoms with E-state index < -0.39 is 35.8 Å². The zero-order valence-electron chi connectivity index (χ0n) is 20.1. The maximum Gasteiger partial charge on any atom is 0.410 e. The van der Waals surface area contributed by atoms with Crippen molar-refractivity contribution in [2.75, 3.05) is 13.2 Å². The summed E-state index contributed by atoms with van der Waals surface area (Å²) in [5, 5.41) is 2.99. The van der Waals surface area contributed by atoms with E-state index in [2.05, 4.69) is 5.32 Å². The molecule has 190 valence electrons. The van der Waals surface area contributed by atoms with Crippen LogP contribution in [-0.2, 0) is 22.3 Å². The van der Waals surface area contributed by atoms with Crippen LogP contribution in [0.3, 0.4) is 0 Å². The molecule has 0 aromatic carbocycles. The Morgan fingerprint density at radius 1 is 1.20 bits per heavy atom. The second-order valence-corrected chi connectivity index (χ2v) is 10.8. The maximum atomic E-state index is 14.3. The minimum atomic E-state index is -2.92. The van der Waals surface area contributed by atoms with Crippen LogP contribution in [0.2, 0.25) is 0 Å². The minimum absolute atomic E-state index is 0.106. The normalized spacial score (nSPS) is 25.8. The molecule has 2 aromatic heterocycles. The third kappa shape index (κ3) is 4.60. The number of alkyl halides is 2. The van der Waals surface area contributed by atoms with Crippen molar-refractivity contribution < 1.29 is 32.2 Å². The van der Waals surface area contributed by atoms with Gasteiger partial charge in [-0.15, -0.1) is 0 Å². The molecule has 1 N–H and O–H groups in total. The number of ether oxygens (including phenoxy) is 2. The first-order valence-corrected chi connectivity index (χ1v) is 12.0. The molecule has 2 amide bonds. The number of fused-ring (bicyclic) bond motifs is 5. The molecule has 10 heteroatoms. The van der Waals surface area contributed by atoms with Crippen molar-refractivity contribution in [1.29, 1.82) is 0 Å². The summed E-state index contributed by atoms with van der Waals surface area (Å²) in [4.78, 5) is 28.0. The second kappa shape index (κ2) is 8.43. The lowest BCUT2D eigenvalue weighted by Gasteiger charge is -2.48. The SMILES string of the molecule is CC(C)(C)OC(=O)N1C2COCC1CC(NC(=O)c1c3c(n4ccc(F)cc14)CCC(F)(F)C3)C2. The van der Waals surface area contributed by atoms with Crippen LogP contribution in [0.15, 0.2) is 18.3 Å². The Morgan fingerprint density at radius 3 is 2.54 bits per heavy atom. The molecule has 4 heterocycles. The average molecular weight is 494 g/mol. The van der Waals surface area contributed by atoms with Crippen molar-refractivity contribution in [1.82, 2.24) is 14.6 Å². The van der Waals surface area contributed by atoms with Crippen molar-refractivity contribution in [3.63, 3.8) is 0 Å².